The van der Waals surface area contributed by atoms with Crippen molar-refractivity contribution in [3.8, 4) is 0 Å². The van der Waals surface area contributed by atoms with Gasteiger partial charge in [0.15, 0.2) is 0 Å². The third-order valence-electron chi connectivity index (χ3n) is 0. The van der Waals surface area contributed by atoms with Crippen molar-refractivity contribution < 1.29 is 69.6 Å². The van der Waals surface area contributed by atoms with E-state index >= 15 is 0 Å². The first kappa shape index (κ1) is 22.6. The van der Waals surface area contributed by atoms with Crippen molar-refractivity contribution in [3.05, 3.63) is 0 Å². The fourth-order valence-corrected chi connectivity index (χ4v) is 0. The van der Waals surface area contributed by atoms with Crippen molar-refractivity contribution in [1.82, 2.24) is 0 Å². The third-order valence-corrected chi connectivity index (χ3v) is 0. The third kappa shape index (κ3) is 4980. The minimum atomic E-state index is -0.500. The molecule has 0 aliphatic rings. The predicted octanol–water partition coefficient (Wildman–Crippen LogP) is -4.90. The molecule has 0 saturated heterocycles. The van der Waals surface area contributed by atoms with Gasteiger partial charge < -0.3 is 29.7 Å². The second kappa shape index (κ2) is 69.9. The predicted molar refractivity (Wildman–Crippen MR) is 18.2 cm³/mol. The van der Waals surface area contributed by atoms with Gasteiger partial charge in [-0.2, -0.15) is 0 Å². The van der Waals surface area contributed by atoms with Gasteiger partial charge >= 0.3 is 39.9 Å². The van der Waals surface area contributed by atoms with Gasteiger partial charge in [0.05, 0.1) is 0 Å². The second-order valence-electron chi connectivity index (χ2n) is 0.289. The van der Waals surface area contributed by atoms with Crippen LogP contribution in [0.3, 0.4) is 0 Å². The van der Waals surface area contributed by atoms with E-state index in [1.165, 1.54) is 0 Å². The molecule has 0 unspecified atom stereocenters. The number of carbonyl (C=O) groups excluding carboxylic acids is 3. The molecule has 0 N–H and O–H groups in total. The van der Waals surface area contributed by atoms with Crippen molar-refractivity contribution in [1.29, 1.82) is 0 Å². The molecule has 1 radical (unpaired) electrons. The van der Waals surface area contributed by atoms with E-state index in [-0.39, 0.29) is 39.9 Å². The van der Waals surface area contributed by atoms with Crippen LogP contribution in [0.5, 0.6) is 0 Å². The maximum Gasteiger partial charge on any atom is 3.00 e. The Hall–Kier alpha value is -0.265. The fourth-order valence-electron chi connectivity index (χ4n) is 0. The van der Waals surface area contributed by atoms with Crippen LogP contribution in [0.1, 0.15) is 0 Å². The molecule has 0 saturated carbocycles. The second-order valence-corrected chi connectivity index (χ2v) is 0.289. The van der Waals surface area contributed by atoms with Crippen molar-refractivity contribution in [2.24, 2.45) is 0 Å². The topological polar surface area (TPSA) is 120 Å². The van der Waals surface area contributed by atoms with Crippen molar-refractivity contribution >= 4 is 19.4 Å². The Morgan fingerprint density at radius 1 is 0.700 bits per heavy atom. The SMILES string of the molecule is O=C[O-].O=C[O-].O=C[O-].[Gd+3]. The van der Waals surface area contributed by atoms with Gasteiger partial charge in [-0.1, -0.05) is 0 Å². The summed E-state index contributed by atoms with van der Waals surface area (Å²) in [6.07, 6.45) is 0. The van der Waals surface area contributed by atoms with Gasteiger partial charge in [-0.05, 0) is 0 Å². The molecule has 0 fully saturated rings. The first-order valence-electron chi connectivity index (χ1n) is 1.41. The first-order chi connectivity index (χ1) is 4.24. The molecule has 0 aliphatic heterocycles. The Kier molecular flexibility index (Phi) is 158. The number of hydrogen-bond donors (Lipinski definition) is 0. The summed E-state index contributed by atoms with van der Waals surface area (Å²) in [5.74, 6) is 0. The molecule has 0 aromatic carbocycles. The quantitative estimate of drug-likeness (QED) is 0.413. The van der Waals surface area contributed by atoms with Crippen LogP contribution in [0.25, 0.3) is 0 Å². The number of carbonyl (C=O) groups is 3. The van der Waals surface area contributed by atoms with E-state index < -0.39 is 19.4 Å². The molecule has 0 aliphatic carbocycles. The molecular formula is C3H3GdO6. The minimum absolute atomic E-state index is 0. The molecule has 0 rings (SSSR count). The van der Waals surface area contributed by atoms with Gasteiger partial charge in [-0.25, -0.2) is 0 Å². The summed E-state index contributed by atoms with van der Waals surface area (Å²) in [5, 5.41) is 24.8. The smallest absolute Gasteiger partial charge is 0.554 e. The first-order valence-corrected chi connectivity index (χ1v) is 1.41. The van der Waals surface area contributed by atoms with E-state index in [9.17, 15) is 0 Å². The van der Waals surface area contributed by atoms with Gasteiger partial charge in [0.2, 0.25) is 0 Å². The van der Waals surface area contributed by atoms with Crippen LogP contribution in [-0.4, -0.2) is 19.4 Å². The van der Waals surface area contributed by atoms with Crippen molar-refractivity contribution in [2.75, 3.05) is 0 Å². The summed E-state index contributed by atoms with van der Waals surface area (Å²) < 4.78 is 0. The molecule has 10 heavy (non-hydrogen) atoms. The zero-order valence-corrected chi connectivity index (χ0v) is 6.80. The van der Waals surface area contributed by atoms with E-state index in [1.54, 1.807) is 0 Å². The normalized spacial score (nSPS) is 3.60. The van der Waals surface area contributed by atoms with Gasteiger partial charge in [0.1, 0.15) is 0 Å². The van der Waals surface area contributed by atoms with Crippen LogP contribution in [-0.2, 0) is 14.4 Å². The van der Waals surface area contributed by atoms with E-state index in [0.29, 0.717) is 0 Å². The largest absolute Gasteiger partial charge is 3.00 e. The summed E-state index contributed by atoms with van der Waals surface area (Å²) in [6, 6.07) is 0. The zero-order chi connectivity index (χ0) is 8.12. The van der Waals surface area contributed by atoms with E-state index in [1.807, 2.05) is 0 Å². The zero-order valence-electron chi connectivity index (χ0n) is 4.54. The Morgan fingerprint density at radius 3 is 0.700 bits per heavy atom. The Labute approximate surface area is 88.5 Å². The van der Waals surface area contributed by atoms with Crippen LogP contribution in [0, 0.1) is 39.9 Å². The number of rotatable bonds is 0. The molecule has 6 nitrogen and oxygen atoms in total. The van der Waals surface area contributed by atoms with Crippen LogP contribution >= 0.6 is 0 Å². The molecule has 0 aromatic rings. The number of hydrogen-bond acceptors (Lipinski definition) is 6. The van der Waals surface area contributed by atoms with Crippen LogP contribution < -0.4 is 15.3 Å². The maximum absolute atomic E-state index is 8.25. The molecule has 7 heteroatoms. The molecule has 59 valence electrons. The van der Waals surface area contributed by atoms with Crippen LogP contribution in [0.15, 0.2) is 0 Å². The molecule has 0 atom stereocenters. The van der Waals surface area contributed by atoms with Crippen molar-refractivity contribution in [2.45, 2.75) is 0 Å². The Morgan fingerprint density at radius 2 is 0.700 bits per heavy atom. The molecule has 0 spiro atoms. The molecule has 0 bridgehead atoms. The summed E-state index contributed by atoms with van der Waals surface area (Å²) in [4.78, 5) is 24.8. The molecular weight excluding hydrogens is 289 g/mol. The van der Waals surface area contributed by atoms with E-state index in [0.717, 1.165) is 0 Å². The van der Waals surface area contributed by atoms with Gasteiger partial charge in [-0.15, -0.1) is 0 Å². The van der Waals surface area contributed by atoms with Gasteiger partial charge in [-0.3, -0.25) is 0 Å². The standard InChI is InChI=1S/3CH2O2.Gd/c3*2-1-3;/h3*1H,(H,2,3);/q;;;+3/p-3. The summed E-state index contributed by atoms with van der Waals surface area (Å²) in [5.41, 5.74) is 0. The minimum Gasteiger partial charge on any atom is -0.554 e. The fraction of sp³-hybridized carbons (Fsp3) is 0. The van der Waals surface area contributed by atoms with Crippen molar-refractivity contribution in [3.63, 3.8) is 0 Å². The average molecular weight is 292 g/mol. The van der Waals surface area contributed by atoms with E-state index in [2.05, 4.69) is 0 Å². The molecule has 0 aromatic heterocycles. The summed E-state index contributed by atoms with van der Waals surface area (Å²) in [6.45, 7) is -1.50. The monoisotopic (exact) mass is 293 g/mol. The molecule has 0 amide bonds. The Bertz CT molecular complexity index is 49.7. The molecule has 0 heterocycles. The average Bonchev–Trinajstić information content (AvgIpc) is 1.70. The van der Waals surface area contributed by atoms with Crippen LogP contribution in [0.2, 0.25) is 0 Å². The summed E-state index contributed by atoms with van der Waals surface area (Å²) in [7, 11) is 0. The van der Waals surface area contributed by atoms with E-state index in [4.69, 9.17) is 29.7 Å². The van der Waals surface area contributed by atoms with Gasteiger partial charge in [0.25, 0.3) is 0 Å². The summed E-state index contributed by atoms with van der Waals surface area (Å²) >= 11 is 0. The van der Waals surface area contributed by atoms with Crippen LogP contribution in [0.4, 0.5) is 0 Å². The van der Waals surface area contributed by atoms with Gasteiger partial charge in [0, 0.05) is 19.4 Å². The Balaban J connectivity index is -0.0000000257. The number of carboxylic acid groups (broad SMARTS) is 3. The maximum atomic E-state index is 8.25.